The summed E-state index contributed by atoms with van der Waals surface area (Å²) < 4.78 is 0. The third kappa shape index (κ3) is 4.25. The van der Waals surface area contributed by atoms with Crippen LogP contribution < -0.4 is 10.6 Å². The molecule has 0 aliphatic heterocycles. The molecule has 0 aromatic heterocycles. The number of urea groups is 1. The van der Waals surface area contributed by atoms with E-state index in [1.807, 2.05) is 0 Å². The highest BCUT2D eigenvalue weighted by Gasteiger charge is 2.23. The number of halogens is 1. The van der Waals surface area contributed by atoms with Crippen molar-refractivity contribution in [1.29, 1.82) is 0 Å². The van der Waals surface area contributed by atoms with E-state index in [4.69, 9.17) is 16.7 Å². The number of amides is 2. The third-order valence-electron chi connectivity index (χ3n) is 2.32. The minimum absolute atomic E-state index is 0.196. The SMILES string of the molecule is CC(C)[C@H](NC(=O)Nc1ccc(Cl)cc1)C(=O)O. The Morgan fingerprint density at radius 2 is 1.78 bits per heavy atom. The quantitative estimate of drug-likeness (QED) is 0.787. The molecule has 1 aromatic rings. The van der Waals surface area contributed by atoms with Gasteiger partial charge in [0.15, 0.2) is 0 Å². The number of carboxylic acid groups (broad SMARTS) is 1. The van der Waals surface area contributed by atoms with Gasteiger partial charge in [-0.05, 0) is 30.2 Å². The fraction of sp³-hybridized carbons (Fsp3) is 0.333. The molecular weight excluding hydrogens is 256 g/mol. The Labute approximate surface area is 110 Å². The molecule has 18 heavy (non-hydrogen) atoms. The van der Waals surface area contributed by atoms with E-state index in [0.29, 0.717) is 10.7 Å². The van der Waals surface area contributed by atoms with Crippen molar-refractivity contribution in [1.82, 2.24) is 5.32 Å². The van der Waals surface area contributed by atoms with E-state index < -0.39 is 18.0 Å². The molecule has 0 spiro atoms. The summed E-state index contributed by atoms with van der Waals surface area (Å²) in [5.41, 5.74) is 0.546. The van der Waals surface area contributed by atoms with Gasteiger partial charge >= 0.3 is 12.0 Å². The molecule has 0 aliphatic rings. The van der Waals surface area contributed by atoms with E-state index in [1.54, 1.807) is 38.1 Å². The lowest BCUT2D eigenvalue weighted by Gasteiger charge is -2.18. The standard InChI is InChI=1S/C12H15ClN2O3/c1-7(2)10(11(16)17)15-12(18)14-9-5-3-8(13)4-6-9/h3-7,10H,1-2H3,(H,16,17)(H2,14,15,18)/t10-/m0/s1. The van der Waals surface area contributed by atoms with Crippen molar-refractivity contribution in [3.8, 4) is 0 Å². The van der Waals surface area contributed by atoms with Gasteiger partial charge < -0.3 is 15.7 Å². The summed E-state index contributed by atoms with van der Waals surface area (Å²) >= 11 is 5.71. The maximum Gasteiger partial charge on any atom is 0.326 e. The first kappa shape index (κ1) is 14.3. The van der Waals surface area contributed by atoms with Crippen LogP contribution in [0, 0.1) is 5.92 Å². The number of anilines is 1. The fourth-order valence-electron chi connectivity index (χ4n) is 1.36. The van der Waals surface area contributed by atoms with Crippen LogP contribution in [0.5, 0.6) is 0 Å². The molecule has 98 valence electrons. The lowest BCUT2D eigenvalue weighted by atomic mass is 10.1. The molecule has 2 amide bonds. The molecule has 0 radical (unpaired) electrons. The molecule has 3 N–H and O–H groups in total. The minimum atomic E-state index is -1.06. The first-order chi connectivity index (χ1) is 8.40. The van der Waals surface area contributed by atoms with E-state index in [9.17, 15) is 9.59 Å². The number of benzene rings is 1. The normalized spacial score (nSPS) is 12.0. The van der Waals surface area contributed by atoms with Crippen molar-refractivity contribution in [3.05, 3.63) is 29.3 Å². The number of rotatable bonds is 4. The molecule has 0 bridgehead atoms. The average molecular weight is 271 g/mol. The molecule has 0 heterocycles. The van der Waals surface area contributed by atoms with Crippen LogP contribution in [0.3, 0.4) is 0 Å². The maximum atomic E-state index is 11.6. The number of hydrogen-bond donors (Lipinski definition) is 3. The van der Waals surface area contributed by atoms with E-state index in [-0.39, 0.29) is 5.92 Å². The van der Waals surface area contributed by atoms with Crippen LogP contribution in [0.2, 0.25) is 5.02 Å². The molecular formula is C12H15ClN2O3. The van der Waals surface area contributed by atoms with Crippen LogP contribution in [0.15, 0.2) is 24.3 Å². The van der Waals surface area contributed by atoms with Gasteiger partial charge in [0.1, 0.15) is 6.04 Å². The second kappa shape index (κ2) is 6.26. The van der Waals surface area contributed by atoms with Gasteiger partial charge in [-0.2, -0.15) is 0 Å². The summed E-state index contributed by atoms with van der Waals surface area (Å²) in [6.45, 7) is 3.45. The lowest BCUT2D eigenvalue weighted by molar-refractivity contribution is -0.140. The van der Waals surface area contributed by atoms with Crippen LogP contribution in [-0.4, -0.2) is 23.1 Å². The Kier molecular flexibility index (Phi) is 4.97. The second-order valence-electron chi connectivity index (χ2n) is 4.17. The fourth-order valence-corrected chi connectivity index (χ4v) is 1.48. The highest BCUT2D eigenvalue weighted by Crippen LogP contribution is 2.13. The van der Waals surface area contributed by atoms with Gasteiger partial charge in [0.2, 0.25) is 0 Å². The van der Waals surface area contributed by atoms with E-state index in [1.165, 1.54) is 0 Å². The van der Waals surface area contributed by atoms with Crippen molar-refractivity contribution in [3.63, 3.8) is 0 Å². The number of carbonyl (C=O) groups excluding carboxylic acids is 1. The maximum absolute atomic E-state index is 11.6. The van der Waals surface area contributed by atoms with E-state index >= 15 is 0 Å². The average Bonchev–Trinajstić information content (AvgIpc) is 2.28. The molecule has 0 fully saturated rings. The van der Waals surface area contributed by atoms with Crippen molar-refractivity contribution in [2.75, 3.05) is 5.32 Å². The number of hydrogen-bond acceptors (Lipinski definition) is 2. The summed E-state index contributed by atoms with van der Waals surface area (Å²) in [6, 6.07) is 5.05. The van der Waals surface area contributed by atoms with Crippen molar-refractivity contribution >= 4 is 29.3 Å². The zero-order chi connectivity index (χ0) is 13.7. The Bertz CT molecular complexity index is 431. The van der Waals surface area contributed by atoms with Gasteiger partial charge in [-0.3, -0.25) is 0 Å². The Hall–Kier alpha value is -1.75. The lowest BCUT2D eigenvalue weighted by Crippen LogP contribution is -2.46. The van der Waals surface area contributed by atoms with Crippen molar-refractivity contribution < 1.29 is 14.7 Å². The first-order valence-electron chi connectivity index (χ1n) is 5.46. The van der Waals surface area contributed by atoms with Crippen molar-refractivity contribution in [2.45, 2.75) is 19.9 Å². The Balaban J connectivity index is 2.60. The molecule has 1 aromatic carbocycles. The molecule has 1 atom stereocenters. The molecule has 0 unspecified atom stereocenters. The summed E-state index contributed by atoms with van der Waals surface area (Å²) in [7, 11) is 0. The highest BCUT2D eigenvalue weighted by molar-refractivity contribution is 6.30. The summed E-state index contributed by atoms with van der Waals surface area (Å²) in [5, 5.41) is 14.4. The van der Waals surface area contributed by atoms with Gasteiger partial charge in [0.25, 0.3) is 0 Å². The second-order valence-corrected chi connectivity index (χ2v) is 4.60. The van der Waals surface area contributed by atoms with Crippen LogP contribution in [0.25, 0.3) is 0 Å². The van der Waals surface area contributed by atoms with Gasteiger partial charge in [-0.15, -0.1) is 0 Å². The van der Waals surface area contributed by atoms with Gasteiger partial charge in [-0.1, -0.05) is 25.4 Å². The molecule has 0 aliphatic carbocycles. The Morgan fingerprint density at radius 3 is 2.22 bits per heavy atom. The first-order valence-corrected chi connectivity index (χ1v) is 5.84. The summed E-state index contributed by atoms with van der Waals surface area (Å²) in [6.07, 6.45) is 0. The van der Waals surface area contributed by atoms with Crippen molar-refractivity contribution in [2.24, 2.45) is 5.92 Å². The van der Waals surface area contributed by atoms with Gasteiger partial charge in [-0.25, -0.2) is 9.59 Å². The van der Waals surface area contributed by atoms with E-state index in [0.717, 1.165) is 0 Å². The smallest absolute Gasteiger partial charge is 0.326 e. The predicted molar refractivity (Wildman–Crippen MR) is 69.9 cm³/mol. The zero-order valence-corrected chi connectivity index (χ0v) is 10.9. The number of carboxylic acids is 1. The van der Waals surface area contributed by atoms with Crippen LogP contribution in [-0.2, 0) is 4.79 Å². The highest BCUT2D eigenvalue weighted by atomic mass is 35.5. The zero-order valence-electron chi connectivity index (χ0n) is 10.1. The summed E-state index contributed by atoms with van der Waals surface area (Å²) in [4.78, 5) is 22.5. The third-order valence-corrected chi connectivity index (χ3v) is 2.57. The van der Waals surface area contributed by atoms with Crippen LogP contribution in [0.4, 0.5) is 10.5 Å². The number of nitrogens with one attached hydrogen (secondary N) is 2. The number of aliphatic carboxylic acids is 1. The monoisotopic (exact) mass is 270 g/mol. The topological polar surface area (TPSA) is 78.4 Å². The molecule has 5 nitrogen and oxygen atoms in total. The Morgan fingerprint density at radius 1 is 1.22 bits per heavy atom. The molecule has 0 saturated carbocycles. The minimum Gasteiger partial charge on any atom is -0.480 e. The van der Waals surface area contributed by atoms with Crippen LogP contribution in [0.1, 0.15) is 13.8 Å². The van der Waals surface area contributed by atoms with Gasteiger partial charge in [0.05, 0.1) is 0 Å². The molecule has 1 rings (SSSR count). The van der Waals surface area contributed by atoms with Crippen LogP contribution >= 0.6 is 11.6 Å². The largest absolute Gasteiger partial charge is 0.480 e. The molecule has 6 heteroatoms. The summed E-state index contributed by atoms with van der Waals surface area (Å²) in [5.74, 6) is -1.25. The molecule has 0 saturated heterocycles. The number of carbonyl (C=O) groups is 2. The van der Waals surface area contributed by atoms with E-state index in [2.05, 4.69) is 10.6 Å². The van der Waals surface area contributed by atoms with Gasteiger partial charge in [0, 0.05) is 10.7 Å². The predicted octanol–water partition coefficient (Wildman–Crippen LogP) is 2.57.